The molecule has 8 heteroatoms. The molecule has 0 spiro atoms. The van der Waals surface area contributed by atoms with Gasteiger partial charge in [-0.15, -0.1) is 0 Å². The van der Waals surface area contributed by atoms with E-state index in [9.17, 15) is 19.2 Å². The molecule has 31 heavy (non-hydrogen) atoms. The first-order valence-electron chi connectivity index (χ1n) is 10.5. The van der Waals surface area contributed by atoms with Crippen molar-refractivity contribution in [3.63, 3.8) is 0 Å². The Morgan fingerprint density at radius 1 is 0.903 bits per heavy atom. The average Bonchev–Trinajstić information content (AvgIpc) is 2.77. The molecule has 1 aliphatic carbocycles. The van der Waals surface area contributed by atoms with E-state index in [2.05, 4.69) is 16.0 Å². The van der Waals surface area contributed by atoms with Crippen molar-refractivity contribution in [2.45, 2.75) is 44.6 Å². The molecule has 0 radical (unpaired) electrons. The van der Waals surface area contributed by atoms with Crippen LogP contribution in [0, 0.1) is 0 Å². The second-order valence-electron chi connectivity index (χ2n) is 7.61. The number of fused-ring (bicyclic) bond motifs is 1. The van der Waals surface area contributed by atoms with E-state index in [4.69, 9.17) is 4.74 Å². The van der Waals surface area contributed by atoms with E-state index in [-0.39, 0.29) is 24.9 Å². The van der Waals surface area contributed by atoms with E-state index in [0.29, 0.717) is 0 Å². The van der Waals surface area contributed by atoms with Crippen LogP contribution in [0.25, 0.3) is 10.8 Å². The summed E-state index contributed by atoms with van der Waals surface area (Å²) in [5.74, 6) is -1.80. The normalized spacial score (nSPS) is 13.9. The Balaban J connectivity index is 1.35. The van der Waals surface area contributed by atoms with Gasteiger partial charge in [0.1, 0.15) is 6.54 Å². The zero-order chi connectivity index (χ0) is 22.1. The SMILES string of the molecule is O=C(Cc1cccc2ccccc12)NCC(=O)OCC(=O)NC(=O)NC1CCCCC1. The maximum atomic E-state index is 12.2. The number of carbonyl (C=O) groups is 4. The van der Waals surface area contributed by atoms with Crippen LogP contribution in [0.5, 0.6) is 0 Å². The van der Waals surface area contributed by atoms with E-state index in [0.717, 1.165) is 48.4 Å². The molecule has 1 saturated carbocycles. The summed E-state index contributed by atoms with van der Waals surface area (Å²) in [6.07, 6.45) is 5.19. The maximum absolute atomic E-state index is 12.2. The van der Waals surface area contributed by atoms with E-state index in [1.54, 1.807) is 0 Å². The van der Waals surface area contributed by atoms with Crippen LogP contribution in [0.4, 0.5) is 4.79 Å². The van der Waals surface area contributed by atoms with Gasteiger partial charge in [-0.1, -0.05) is 61.7 Å². The van der Waals surface area contributed by atoms with Gasteiger partial charge in [-0.05, 0) is 29.2 Å². The quantitative estimate of drug-likeness (QED) is 0.589. The molecule has 1 fully saturated rings. The van der Waals surface area contributed by atoms with Crippen molar-refractivity contribution in [1.29, 1.82) is 0 Å². The van der Waals surface area contributed by atoms with Crippen LogP contribution < -0.4 is 16.0 Å². The Kier molecular flexibility index (Phi) is 7.98. The number of hydrogen-bond acceptors (Lipinski definition) is 5. The molecule has 0 bridgehead atoms. The van der Waals surface area contributed by atoms with E-state index in [1.807, 2.05) is 42.5 Å². The van der Waals surface area contributed by atoms with E-state index in [1.165, 1.54) is 0 Å². The lowest BCUT2D eigenvalue weighted by atomic mass is 9.96. The van der Waals surface area contributed by atoms with Crippen molar-refractivity contribution in [3.8, 4) is 0 Å². The summed E-state index contributed by atoms with van der Waals surface area (Å²) in [6.45, 7) is -0.943. The van der Waals surface area contributed by atoms with Gasteiger partial charge in [0.25, 0.3) is 5.91 Å². The standard InChI is InChI=1S/C23H27N3O5/c27-20(13-17-9-6-8-16-7-4-5-12-19(16)17)24-14-22(29)31-15-21(28)26-23(30)25-18-10-2-1-3-11-18/h4-9,12,18H,1-3,10-11,13-15H2,(H,24,27)(H2,25,26,28,30). The molecule has 0 heterocycles. The number of urea groups is 1. The highest BCUT2D eigenvalue weighted by Gasteiger charge is 2.17. The summed E-state index contributed by atoms with van der Waals surface area (Å²) in [5.41, 5.74) is 0.854. The smallest absolute Gasteiger partial charge is 0.325 e. The van der Waals surface area contributed by atoms with Gasteiger partial charge in [-0.25, -0.2) is 4.79 Å². The summed E-state index contributed by atoms with van der Waals surface area (Å²) >= 11 is 0. The Hall–Kier alpha value is -3.42. The number of hydrogen-bond donors (Lipinski definition) is 3. The lowest BCUT2D eigenvalue weighted by molar-refractivity contribution is -0.148. The first-order chi connectivity index (χ1) is 15.0. The summed E-state index contributed by atoms with van der Waals surface area (Å²) in [7, 11) is 0. The molecule has 164 valence electrons. The Labute approximate surface area is 180 Å². The third-order valence-electron chi connectivity index (χ3n) is 5.22. The molecule has 3 N–H and O–H groups in total. The summed E-state index contributed by atoms with van der Waals surface area (Å²) in [6, 6.07) is 12.9. The molecule has 0 saturated heterocycles. The molecular formula is C23H27N3O5. The van der Waals surface area contributed by atoms with Crippen LogP contribution in [-0.4, -0.2) is 43.0 Å². The van der Waals surface area contributed by atoms with E-state index >= 15 is 0 Å². The minimum Gasteiger partial charge on any atom is -0.454 e. The number of rotatable bonds is 7. The monoisotopic (exact) mass is 425 g/mol. The second kappa shape index (κ2) is 11.1. The van der Waals surface area contributed by atoms with Crippen LogP contribution in [0.1, 0.15) is 37.7 Å². The predicted molar refractivity (Wildman–Crippen MR) is 115 cm³/mol. The van der Waals surface area contributed by atoms with Gasteiger partial charge in [0, 0.05) is 6.04 Å². The molecule has 4 amide bonds. The minimum atomic E-state index is -0.755. The van der Waals surface area contributed by atoms with Gasteiger partial charge in [0.05, 0.1) is 6.42 Å². The molecule has 0 aliphatic heterocycles. The Morgan fingerprint density at radius 2 is 1.65 bits per heavy atom. The molecule has 0 aromatic heterocycles. The van der Waals surface area contributed by atoms with Gasteiger partial charge < -0.3 is 15.4 Å². The van der Waals surface area contributed by atoms with Gasteiger partial charge in [0.2, 0.25) is 5.91 Å². The van der Waals surface area contributed by atoms with Crippen LogP contribution in [0.3, 0.4) is 0 Å². The highest BCUT2D eigenvalue weighted by molar-refractivity contribution is 5.96. The zero-order valence-corrected chi connectivity index (χ0v) is 17.3. The van der Waals surface area contributed by atoms with Gasteiger partial charge in [0.15, 0.2) is 6.61 Å². The van der Waals surface area contributed by atoms with Crippen LogP contribution in [0.2, 0.25) is 0 Å². The largest absolute Gasteiger partial charge is 0.454 e. The lowest BCUT2D eigenvalue weighted by Gasteiger charge is -2.22. The van der Waals surface area contributed by atoms with Crippen molar-refractivity contribution in [1.82, 2.24) is 16.0 Å². The number of amides is 4. The Morgan fingerprint density at radius 3 is 2.45 bits per heavy atom. The highest BCUT2D eigenvalue weighted by Crippen LogP contribution is 2.19. The van der Waals surface area contributed by atoms with Gasteiger partial charge in [-0.2, -0.15) is 0 Å². The first-order valence-corrected chi connectivity index (χ1v) is 10.5. The molecule has 2 aromatic carbocycles. The molecule has 1 aliphatic rings. The molecule has 8 nitrogen and oxygen atoms in total. The number of imide groups is 1. The minimum absolute atomic E-state index is 0.0704. The number of ether oxygens (including phenoxy) is 1. The number of nitrogens with one attached hydrogen (secondary N) is 3. The van der Waals surface area contributed by atoms with Crippen molar-refractivity contribution in [2.24, 2.45) is 0 Å². The summed E-state index contributed by atoms with van der Waals surface area (Å²) in [4.78, 5) is 47.6. The molecule has 2 aromatic rings. The third-order valence-corrected chi connectivity index (χ3v) is 5.22. The molecular weight excluding hydrogens is 398 g/mol. The molecule has 0 atom stereocenters. The third kappa shape index (κ3) is 7.09. The molecule has 0 unspecified atom stereocenters. The number of esters is 1. The Bertz CT molecular complexity index is 948. The van der Waals surface area contributed by atoms with Gasteiger partial charge >= 0.3 is 12.0 Å². The number of carbonyl (C=O) groups excluding carboxylic acids is 4. The lowest BCUT2D eigenvalue weighted by Crippen LogP contribution is -2.46. The van der Waals surface area contributed by atoms with Crippen molar-refractivity contribution in [2.75, 3.05) is 13.2 Å². The highest BCUT2D eigenvalue weighted by atomic mass is 16.5. The van der Waals surface area contributed by atoms with Crippen LogP contribution in [-0.2, 0) is 25.5 Å². The number of benzene rings is 2. The van der Waals surface area contributed by atoms with Crippen molar-refractivity contribution < 1.29 is 23.9 Å². The predicted octanol–water partition coefficient (Wildman–Crippen LogP) is 2.20. The average molecular weight is 425 g/mol. The van der Waals surface area contributed by atoms with Crippen molar-refractivity contribution >= 4 is 34.6 Å². The van der Waals surface area contributed by atoms with E-state index < -0.39 is 24.5 Å². The topological polar surface area (TPSA) is 114 Å². The van der Waals surface area contributed by atoms with Crippen LogP contribution >= 0.6 is 0 Å². The maximum Gasteiger partial charge on any atom is 0.325 e. The summed E-state index contributed by atoms with van der Waals surface area (Å²) in [5, 5.41) is 9.39. The summed E-state index contributed by atoms with van der Waals surface area (Å²) < 4.78 is 4.82. The van der Waals surface area contributed by atoms with Gasteiger partial charge in [-0.3, -0.25) is 19.7 Å². The molecule has 3 rings (SSSR count). The van der Waals surface area contributed by atoms with Crippen LogP contribution in [0.15, 0.2) is 42.5 Å². The second-order valence-corrected chi connectivity index (χ2v) is 7.61. The fourth-order valence-corrected chi connectivity index (χ4v) is 3.68. The fourth-order valence-electron chi connectivity index (χ4n) is 3.68. The first kappa shape index (κ1) is 22.3. The van der Waals surface area contributed by atoms with Crippen molar-refractivity contribution in [3.05, 3.63) is 48.0 Å². The fraction of sp³-hybridized carbons (Fsp3) is 0.391. The zero-order valence-electron chi connectivity index (χ0n) is 17.3.